The van der Waals surface area contributed by atoms with Crippen molar-refractivity contribution < 1.29 is 0 Å². The fourth-order valence-corrected chi connectivity index (χ4v) is 1.71. The Kier molecular flexibility index (Phi) is 2.91. The largest absolute Gasteiger partial charge is 0.345 e. The Morgan fingerprint density at radius 3 is 2.69 bits per heavy atom. The van der Waals surface area contributed by atoms with E-state index in [0.717, 1.165) is 17.0 Å². The van der Waals surface area contributed by atoms with Crippen LogP contribution in [0.1, 0.15) is 19.5 Å². The van der Waals surface area contributed by atoms with Gasteiger partial charge in [-0.05, 0) is 38.1 Å². The smallest absolute Gasteiger partial charge is 0.0716 e. The molecule has 2 heterocycles. The van der Waals surface area contributed by atoms with E-state index in [0.29, 0.717) is 6.04 Å². The number of aromatic nitrogens is 1. The van der Waals surface area contributed by atoms with Crippen LogP contribution in [0.5, 0.6) is 0 Å². The molecular weight excluding hydrogens is 196 g/mol. The number of rotatable bonds is 2. The van der Waals surface area contributed by atoms with Crippen molar-refractivity contribution >= 4 is 5.57 Å². The molecule has 1 aliphatic rings. The second-order valence-corrected chi connectivity index (χ2v) is 4.13. The molecule has 0 saturated heterocycles. The predicted molar refractivity (Wildman–Crippen MR) is 67.5 cm³/mol. The molecule has 1 aromatic rings. The first-order chi connectivity index (χ1) is 7.68. The van der Waals surface area contributed by atoms with E-state index in [9.17, 15) is 0 Å². The van der Waals surface area contributed by atoms with Crippen molar-refractivity contribution in [1.82, 2.24) is 9.88 Å². The average Bonchev–Trinajstić information content (AvgIpc) is 2.30. The van der Waals surface area contributed by atoms with E-state index in [1.165, 1.54) is 0 Å². The van der Waals surface area contributed by atoms with Crippen LogP contribution in [0.25, 0.3) is 5.57 Å². The van der Waals surface area contributed by atoms with Gasteiger partial charge in [-0.15, -0.1) is 0 Å². The van der Waals surface area contributed by atoms with Gasteiger partial charge in [-0.25, -0.2) is 0 Å². The Balaban J connectivity index is 2.34. The van der Waals surface area contributed by atoms with Crippen LogP contribution in [0.4, 0.5) is 0 Å². The number of allylic oxidation sites excluding steroid dienone is 3. The molecule has 2 rings (SSSR count). The number of hydrogen-bond donors (Lipinski definition) is 0. The van der Waals surface area contributed by atoms with E-state index < -0.39 is 0 Å². The number of nitrogens with zero attached hydrogens (tertiary/aromatic N) is 2. The van der Waals surface area contributed by atoms with Crippen molar-refractivity contribution in [2.75, 3.05) is 0 Å². The lowest BCUT2D eigenvalue weighted by Gasteiger charge is -2.28. The highest BCUT2D eigenvalue weighted by Crippen LogP contribution is 2.23. The average molecular weight is 212 g/mol. The molecule has 16 heavy (non-hydrogen) atoms. The number of hydrogen-bond acceptors (Lipinski definition) is 2. The zero-order valence-electron chi connectivity index (χ0n) is 9.72. The molecule has 0 aliphatic carbocycles. The van der Waals surface area contributed by atoms with Gasteiger partial charge in [0.15, 0.2) is 0 Å². The van der Waals surface area contributed by atoms with Crippen LogP contribution in [-0.4, -0.2) is 15.9 Å². The summed E-state index contributed by atoms with van der Waals surface area (Å²) in [5.41, 5.74) is 3.15. The molecular formula is C14H16N2. The maximum atomic E-state index is 4.35. The van der Waals surface area contributed by atoms with Crippen molar-refractivity contribution in [2.24, 2.45) is 0 Å². The van der Waals surface area contributed by atoms with E-state index in [-0.39, 0.29) is 0 Å². The molecule has 0 radical (unpaired) electrons. The van der Waals surface area contributed by atoms with E-state index in [4.69, 9.17) is 0 Å². The first kappa shape index (κ1) is 10.7. The Bertz CT molecular complexity index is 441. The Morgan fingerprint density at radius 1 is 1.25 bits per heavy atom. The molecule has 0 aromatic carbocycles. The van der Waals surface area contributed by atoms with Crippen molar-refractivity contribution in [3.05, 3.63) is 60.7 Å². The molecule has 1 aromatic heterocycles. The maximum Gasteiger partial charge on any atom is 0.0716 e. The van der Waals surface area contributed by atoms with Gasteiger partial charge >= 0.3 is 0 Å². The lowest BCUT2D eigenvalue weighted by Crippen LogP contribution is -2.25. The van der Waals surface area contributed by atoms with Crippen LogP contribution < -0.4 is 0 Å². The highest BCUT2D eigenvalue weighted by atomic mass is 15.1. The third-order valence-corrected chi connectivity index (χ3v) is 2.58. The molecule has 2 heteroatoms. The molecule has 2 nitrogen and oxygen atoms in total. The van der Waals surface area contributed by atoms with Crippen LogP contribution in [0.2, 0.25) is 0 Å². The summed E-state index contributed by atoms with van der Waals surface area (Å²) in [5, 5.41) is 0. The van der Waals surface area contributed by atoms with E-state index in [1.807, 2.05) is 30.5 Å². The molecule has 0 fully saturated rings. The van der Waals surface area contributed by atoms with Gasteiger partial charge in [0.05, 0.1) is 5.69 Å². The van der Waals surface area contributed by atoms with Crippen LogP contribution in [0.3, 0.4) is 0 Å². The van der Waals surface area contributed by atoms with Crippen LogP contribution in [-0.2, 0) is 0 Å². The minimum absolute atomic E-state index is 0.413. The minimum atomic E-state index is 0.413. The van der Waals surface area contributed by atoms with E-state index in [2.05, 4.69) is 42.6 Å². The summed E-state index contributed by atoms with van der Waals surface area (Å²) in [4.78, 5) is 6.50. The molecule has 0 amide bonds. The van der Waals surface area contributed by atoms with Gasteiger partial charge in [0.25, 0.3) is 0 Å². The highest BCUT2D eigenvalue weighted by molar-refractivity contribution is 5.73. The first-order valence-electron chi connectivity index (χ1n) is 5.47. The van der Waals surface area contributed by atoms with Crippen LogP contribution >= 0.6 is 0 Å². The zero-order valence-corrected chi connectivity index (χ0v) is 9.72. The molecule has 82 valence electrons. The summed E-state index contributed by atoms with van der Waals surface area (Å²) in [6.07, 6.45) is 8.01. The third kappa shape index (κ3) is 2.06. The SMILES string of the molecule is C=C1C=CC(c2ccccn2)=CN1C(C)C. The van der Waals surface area contributed by atoms with E-state index in [1.54, 1.807) is 0 Å². The van der Waals surface area contributed by atoms with Gasteiger partial charge in [0, 0.05) is 29.7 Å². The molecule has 0 unspecified atom stereocenters. The number of pyridine rings is 1. The summed E-state index contributed by atoms with van der Waals surface area (Å²) in [7, 11) is 0. The van der Waals surface area contributed by atoms with Crippen molar-refractivity contribution in [3.8, 4) is 0 Å². The zero-order chi connectivity index (χ0) is 11.5. The normalized spacial score (nSPS) is 15.6. The summed E-state index contributed by atoms with van der Waals surface area (Å²) in [6.45, 7) is 8.32. The molecule has 0 N–H and O–H groups in total. The topological polar surface area (TPSA) is 16.1 Å². The summed E-state index contributed by atoms with van der Waals surface area (Å²) < 4.78 is 0. The van der Waals surface area contributed by atoms with E-state index >= 15 is 0 Å². The molecule has 0 bridgehead atoms. The molecule has 0 saturated carbocycles. The standard InChI is InChI=1S/C14H16N2/c1-11(2)16-10-13(8-7-12(16)3)14-6-4-5-9-15-14/h4-11H,3H2,1-2H3. The second kappa shape index (κ2) is 4.35. The van der Waals surface area contributed by atoms with Crippen LogP contribution in [0.15, 0.2) is 55.0 Å². The fourth-order valence-electron chi connectivity index (χ4n) is 1.71. The Labute approximate surface area is 96.6 Å². The lowest BCUT2D eigenvalue weighted by molar-refractivity contribution is 0.396. The van der Waals surface area contributed by atoms with Gasteiger partial charge in [-0.3, -0.25) is 4.98 Å². The van der Waals surface area contributed by atoms with Crippen molar-refractivity contribution in [3.63, 3.8) is 0 Å². The Hall–Kier alpha value is -1.83. The van der Waals surface area contributed by atoms with Gasteiger partial charge in [-0.2, -0.15) is 0 Å². The van der Waals surface area contributed by atoms with Gasteiger partial charge in [0.1, 0.15) is 0 Å². The molecule has 1 aliphatic heterocycles. The first-order valence-corrected chi connectivity index (χ1v) is 5.47. The summed E-state index contributed by atoms with van der Waals surface area (Å²) >= 11 is 0. The second-order valence-electron chi connectivity index (χ2n) is 4.13. The van der Waals surface area contributed by atoms with Gasteiger partial charge in [-0.1, -0.05) is 12.6 Å². The van der Waals surface area contributed by atoms with Gasteiger partial charge < -0.3 is 4.90 Å². The molecule has 0 spiro atoms. The quantitative estimate of drug-likeness (QED) is 0.748. The minimum Gasteiger partial charge on any atom is -0.345 e. The lowest BCUT2D eigenvalue weighted by atomic mass is 10.1. The van der Waals surface area contributed by atoms with Crippen molar-refractivity contribution in [1.29, 1.82) is 0 Å². The fraction of sp³-hybridized carbons (Fsp3) is 0.214. The highest BCUT2D eigenvalue weighted by Gasteiger charge is 2.13. The van der Waals surface area contributed by atoms with Gasteiger partial charge in [0.2, 0.25) is 0 Å². The Morgan fingerprint density at radius 2 is 2.06 bits per heavy atom. The summed E-state index contributed by atoms with van der Waals surface area (Å²) in [6, 6.07) is 6.36. The summed E-state index contributed by atoms with van der Waals surface area (Å²) in [5.74, 6) is 0. The third-order valence-electron chi connectivity index (χ3n) is 2.58. The van der Waals surface area contributed by atoms with Crippen molar-refractivity contribution in [2.45, 2.75) is 19.9 Å². The predicted octanol–water partition coefficient (Wildman–Crippen LogP) is 3.22. The van der Waals surface area contributed by atoms with Crippen LogP contribution in [0, 0.1) is 0 Å². The molecule has 0 atom stereocenters. The monoisotopic (exact) mass is 212 g/mol. The maximum absolute atomic E-state index is 4.35.